The normalized spacial score (nSPS) is 20.2. The highest BCUT2D eigenvalue weighted by molar-refractivity contribution is 5.80. The molecule has 1 aromatic carbocycles. The topological polar surface area (TPSA) is 74.5 Å². The highest BCUT2D eigenvalue weighted by Gasteiger charge is 2.49. The Bertz CT molecular complexity index is 811. The second kappa shape index (κ2) is 7.52. The number of hydrogen-bond acceptors (Lipinski definition) is 6. The minimum absolute atomic E-state index is 0.0386. The zero-order chi connectivity index (χ0) is 19.5. The van der Waals surface area contributed by atoms with Gasteiger partial charge < -0.3 is 13.9 Å². The molecule has 7 heteroatoms. The van der Waals surface area contributed by atoms with Crippen molar-refractivity contribution in [3.63, 3.8) is 0 Å². The molecule has 1 aliphatic rings. The second-order valence-corrected chi connectivity index (χ2v) is 7.66. The van der Waals surface area contributed by atoms with Crippen molar-refractivity contribution in [2.45, 2.75) is 39.2 Å². The number of ether oxygens (including phenoxy) is 2. The van der Waals surface area contributed by atoms with Crippen molar-refractivity contribution in [2.75, 3.05) is 20.2 Å². The van der Waals surface area contributed by atoms with Crippen molar-refractivity contribution < 1.29 is 18.7 Å². The first-order valence-electron chi connectivity index (χ1n) is 9.06. The van der Waals surface area contributed by atoms with Crippen LogP contribution < -0.4 is 9.22 Å². The first-order chi connectivity index (χ1) is 12.8. The fourth-order valence-electron chi connectivity index (χ4n) is 3.09. The van der Waals surface area contributed by atoms with Crippen LogP contribution in [0.1, 0.15) is 39.2 Å². The molecule has 1 amide bonds. The van der Waals surface area contributed by atoms with Crippen LogP contribution >= 0.6 is 0 Å². The summed E-state index contributed by atoms with van der Waals surface area (Å²) in [4.78, 5) is 13.1. The van der Waals surface area contributed by atoms with Crippen molar-refractivity contribution in [1.82, 2.24) is 14.7 Å². The fourth-order valence-corrected chi connectivity index (χ4v) is 3.09. The molecule has 0 N–H and O–H groups in total. The van der Waals surface area contributed by atoms with Gasteiger partial charge >= 0.3 is 18.2 Å². The summed E-state index contributed by atoms with van der Waals surface area (Å²) in [6.07, 6.45) is 3.30. The molecule has 0 atom stereocenters. The van der Waals surface area contributed by atoms with E-state index < -0.39 is 5.60 Å². The van der Waals surface area contributed by atoms with Crippen molar-refractivity contribution in [3.8, 4) is 6.08 Å². The number of amides is 1. The molecule has 2 aromatic rings. The summed E-state index contributed by atoms with van der Waals surface area (Å²) in [5.74, 6) is 0. The summed E-state index contributed by atoms with van der Waals surface area (Å²) in [6, 6.07) is 10.4. The molecule has 3 rings (SSSR count). The van der Waals surface area contributed by atoms with Crippen LogP contribution in [0.5, 0.6) is 6.08 Å². The molecule has 1 saturated heterocycles. The van der Waals surface area contributed by atoms with E-state index in [0.29, 0.717) is 13.1 Å². The third-order valence-corrected chi connectivity index (χ3v) is 4.48. The third kappa shape index (κ3) is 4.36. The summed E-state index contributed by atoms with van der Waals surface area (Å²) in [5, 5.41) is 7.90. The lowest BCUT2D eigenvalue weighted by Gasteiger charge is -2.35. The predicted molar refractivity (Wildman–Crippen MR) is 102 cm³/mol. The van der Waals surface area contributed by atoms with Gasteiger partial charge in [-0.3, -0.25) is 0 Å². The van der Waals surface area contributed by atoms with Gasteiger partial charge in [0.05, 0.1) is 7.11 Å². The number of hydrogen-bond donors (Lipinski definition) is 0. The summed E-state index contributed by atoms with van der Waals surface area (Å²) >= 11 is 0. The Morgan fingerprint density at radius 2 is 1.81 bits per heavy atom. The van der Waals surface area contributed by atoms with E-state index >= 15 is 0 Å². The van der Waals surface area contributed by atoms with Gasteiger partial charge in [-0.25, -0.2) is 0 Å². The molecule has 0 unspecified atom stereocenters. The monoisotopic (exact) mass is 372 g/mol. The van der Waals surface area contributed by atoms with Gasteiger partial charge in [0.2, 0.25) is 0 Å². The maximum atomic E-state index is 13.1. The van der Waals surface area contributed by atoms with Gasteiger partial charge in [-0.05, 0) is 31.4 Å². The number of methoxy groups -OCH3 is 1. The largest absolute Gasteiger partial charge is 0.525 e. The highest BCUT2D eigenvalue weighted by atomic mass is 16.6. The molecule has 0 aliphatic carbocycles. The van der Waals surface area contributed by atoms with Crippen molar-refractivity contribution in [3.05, 3.63) is 41.5 Å². The van der Waals surface area contributed by atoms with Gasteiger partial charge in [-0.2, -0.15) is 4.79 Å². The lowest BCUT2D eigenvalue weighted by atomic mass is 9.99. The first-order valence-corrected chi connectivity index (χ1v) is 9.06. The average Bonchev–Trinajstić information content (AvgIpc) is 3.11. The lowest BCUT2D eigenvalue weighted by Crippen LogP contribution is -2.59. The number of nitrogens with zero attached hydrogens (tertiary/aromatic N) is 3. The molecule has 1 fully saturated rings. The molecule has 0 spiro atoms. The molecule has 0 saturated carbocycles. The van der Waals surface area contributed by atoms with E-state index in [1.807, 2.05) is 39.0 Å². The van der Waals surface area contributed by atoms with Crippen LogP contribution in [0.3, 0.4) is 0 Å². The number of piperidine rings is 1. The molecule has 1 aromatic heterocycles. The number of benzene rings is 1. The smallest absolute Gasteiger partial charge is 0.452 e. The van der Waals surface area contributed by atoms with Crippen LogP contribution in [-0.2, 0) is 4.74 Å². The Morgan fingerprint density at radius 1 is 1.15 bits per heavy atom. The van der Waals surface area contributed by atoms with Gasteiger partial charge in [0.15, 0.2) is 0 Å². The number of rotatable bonds is 3. The standard InChI is InChI=1S/C20H26N3O4/c1-20(2,3)27-19(24)23(17-21-22-18(25-4)26-17)12-10-16(11-13-23)14-15-8-6-5-7-9-15/h5-9,14H,10-13H2,1-4H3/q+1. The molecule has 144 valence electrons. The minimum atomic E-state index is -0.605. The zero-order valence-corrected chi connectivity index (χ0v) is 16.3. The van der Waals surface area contributed by atoms with E-state index in [0.717, 1.165) is 18.4 Å². The van der Waals surface area contributed by atoms with Crippen molar-refractivity contribution in [1.29, 1.82) is 0 Å². The van der Waals surface area contributed by atoms with E-state index in [1.54, 1.807) is 0 Å². The number of quaternary nitrogens is 1. The predicted octanol–water partition coefficient (Wildman–Crippen LogP) is 4.20. The van der Waals surface area contributed by atoms with Gasteiger partial charge in [0.25, 0.3) is 0 Å². The number of likely N-dealkylation sites (tertiary alicyclic amines) is 1. The minimum Gasteiger partial charge on any atom is -0.452 e. The summed E-state index contributed by atoms with van der Waals surface area (Å²) in [7, 11) is 1.45. The van der Waals surface area contributed by atoms with E-state index in [1.165, 1.54) is 12.7 Å². The maximum Gasteiger partial charge on any atom is 0.525 e. The molecule has 7 nitrogen and oxygen atoms in total. The van der Waals surface area contributed by atoms with Gasteiger partial charge in [-0.15, -0.1) is 4.48 Å². The van der Waals surface area contributed by atoms with E-state index in [9.17, 15) is 4.79 Å². The van der Waals surface area contributed by atoms with Gasteiger partial charge in [0.1, 0.15) is 18.7 Å². The average molecular weight is 372 g/mol. The van der Waals surface area contributed by atoms with Crippen LogP contribution in [0.25, 0.3) is 6.08 Å². The highest BCUT2D eigenvalue weighted by Crippen LogP contribution is 2.34. The Kier molecular flexibility index (Phi) is 5.32. The summed E-state index contributed by atoms with van der Waals surface area (Å²) < 4.78 is 16.1. The second-order valence-electron chi connectivity index (χ2n) is 7.66. The quantitative estimate of drug-likeness (QED) is 0.752. The Morgan fingerprint density at radius 3 is 2.37 bits per heavy atom. The number of aromatic nitrogens is 2. The van der Waals surface area contributed by atoms with E-state index in [2.05, 4.69) is 28.4 Å². The molecular formula is C20H26N3O4+. The summed E-state index contributed by atoms with van der Waals surface area (Å²) in [5.41, 5.74) is 1.83. The van der Waals surface area contributed by atoms with Gasteiger partial charge in [0, 0.05) is 12.8 Å². The molecule has 0 bridgehead atoms. The third-order valence-electron chi connectivity index (χ3n) is 4.48. The van der Waals surface area contributed by atoms with Crippen molar-refractivity contribution in [2.24, 2.45) is 0 Å². The van der Waals surface area contributed by atoms with Crippen LogP contribution in [0.15, 0.2) is 40.3 Å². The lowest BCUT2D eigenvalue weighted by molar-refractivity contribution is 0.0201. The van der Waals surface area contributed by atoms with Crippen molar-refractivity contribution >= 4 is 18.2 Å². The van der Waals surface area contributed by atoms with Crippen LogP contribution in [0, 0.1) is 0 Å². The summed E-state index contributed by atoms with van der Waals surface area (Å²) in [6.45, 7) is 6.54. The van der Waals surface area contributed by atoms with E-state index in [4.69, 9.17) is 13.9 Å². The Labute approximate surface area is 159 Å². The van der Waals surface area contributed by atoms with Gasteiger partial charge in [-0.1, -0.05) is 47.1 Å². The van der Waals surface area contributed by atoms with Crippen LogP contribution in [-0.4, -0.2) is 42.1 Å². The fraction of sp³-hybridized carbons (Fsp3) is 0.450. The molecule has 1 aliphatic heterocycles. The first kappa shape index (κ1) is 19.1. The Balaban J connectivity index is 1.86. The molecule has 2 heterocycles. The van der Waals surface area contributed by atoms with Crippen LogP contribution in [0.2, 0.25) is 0 Å². The van der Waals surface area contributed by atoms with E-state index in [-0.39, 0.29) is 22.7 Å². The van der Waals surface area contributed by atoms with Crippen LogP contribution in [0.4, 0.5) is 10.8 Å². The number of carbonyl (C=O) groups excluding carboxylic acids is 1. The molecule has 0 radical (unpaired) electrons. The number of carbonyl (C=O) groups is 1. The zero-order valence-electron chi connectivity index (χ0n) is 16.3. The molecular weight excluding hydrogens is 346 g/mol. The Hall–Kier alpha value is -2.67. The maximum absolute atomic E-state index is 13.1. The SMILES string of the molecule is COc1nnc([N+]2(C(=O)OC(C)(C)C)CCC(=Cc3ccccc3)CC2)o1. The molecule has 27 heavy (non-hydrogen) atoms.